The van der Waals surface area contributed by atoms with Crippen molar-refractivity contribution in [2.45, 2.75) is 64.7 Å². The Hall–Kier alpha value is 0.870. The summed E-state index contributed by atoms with van der Waals surface area (Å²) < 4.78 is 33.0. The van der Waals surface area contributed by atoms with Gasteiger partial charge in [0.05, 0.1) is 6.61 Å². The molecule has 0 spiro atoms. The molecule has 0 radical (unpaired) electrons. The third-order valence-electron chi connectivity index (χ3n) is 2.53. The van der Waals surface area contributed by atoms with Crippen LogP contribution in [-0.4, -0.2) is 19.6 Å². The summed E-state index contributed by atoms with van der Waals surface area (Å²) in [4.78, 5) is 0. The summed E-state index contributed by atoms with van der Waals surface area (Å²) in [5.41, 5.74) is 0. The van der Waals surface area contributed by atoms with Gasteiger partial charge in [0.2, 0.25) is 0 Å². The number of hydrogen-bond donors (Lipinski definition) is 1. The summed E-state index contributed by atoms with van der Waals surface area (Å²) in [5.74, 6) is 0. The molecule has 0 heterocycles. The monoisotopic (exact) mass is 288 g/mol. The van der Waals surface area contributed by atoms with Gasteiger partial charge in [0.25, 0.3) is 0 Å². The first-order valence-electron chi connectivity index (χ1n) is 6.49. The van der Waals surface area contributed by atoms with Crippen LogP contribution >= 0.6 is 0 Å². The van der Waals surface area contributed by atoms with E-state index in [0.29, 0.717) is 6.42 Å². The molecule has 1 N–H and O–H groups in total. The molecule has 0 aliphatic rings. The average molecular weight is 288 g/mol. The second-order valence-electron chi connectivity index (χ2n) is 4.24. The van der Waals surface area contributed by atoms with Gasteiger partial charge in [-0.05, 0) is 6.42 Å². The van der Waals surface area contributed by atoms with Crippen molar-refractivity contribution in [1.29, 1.82) is 0 Å². The Morgan fingerprint density at radius 1 is 1.00 bits per heavy atom. The normalized spacial score (nSPS) is 11.2. The minimum absolute atomic E-state index is 0. The van der Waals surface area contributed by atoms with Crippen LogP contribution in [0.25, 0.3) is 0 Å². The van der Waals surface area contributed by atoms with Crippen LogP contribution < -0.4 is 29.6 Å². The van der Waals surface area contributed by atoms with Crippen LogP contribution in [0.2, 0.25) is 0 Å². The van der Waals surface area contributed by atoms with Crippen molar-refractivity contribution < 1.29 is 46.7 Å². The Morgan fingerprint density at radius 2 is 1.56 bits per heavy atom. The zero-order valence-electron chi connectivity index (χ0n) is 11.7. The summed E-state index contributed by atoms with van der Waals surface area (Å²) in [6.45, 7) is 2.27. The number of hydrogen-bond acceptors (Lipinski definition) is 3. The molecule has 0 saturated carbocycles. The topological polar surface area (TPSA) is 63.6 Å². The summed E-state index contributed by atoms with van der Waals surface area (Å²) in [7, 11) is -4.24. The molecule has 0 unspecified atom stereocenters. The fourth-order valence-electron chi connectivity index (χ4n) is 1.61. The molecule has 0 aromatic carbocycles. The van der Waals surface area contributed by atoms with Crippen LogP contribution in [0.4, 0.5) is 0 Å². The Bertz CT molecular complexity index is 255. The smallest absolute Gasteiger partial charge is 0.328 e. The summed E-state index contributed by atoms with van der Waals surface area (Å²) in [6, 6.07) is 0. The summed E-state index contributed by atoms with van der Waals surface area (Å²) >= 11 is 0. The van der Waals surface area contributed by atoms with E-state index < -0.39 is 10.4 Å². The van der Waals surface area contributed by atoms with Crippen molar-refractivity contribution in [3.8, 4) is 0 Å². The van der Waals surface area contributed by atoms with Crippen LogP contribution in [0.1, 0.15) is 64.7 Å². The molecule has 0 rings (SSSR count). The van der Waals surface area contributed by atoms with Crippen LogP contribution in [0.3, 0.4) is 0 Å². The quantitative estimate of drug-likeness (QED) is 0.246. The van der Waals surface area contributed by atoms with Crippen LogP contribution in [0.15, 0.2) is 0 Å². The SMILES string of the molecule is CCC[CH-]CCCCCCCCOS(=O)(=O)O.[Na+]. The van der Waals surface area contributed by atoms with E-state index in [4.69, 9.17) is 4.55 Å². The molecule has 0 saturated heterocycles. The van der Waals surface area contributed by atoms with E-state index in [9.17, 15) is 8.42 Å². The van der Waals surface area contributed by atoms with Crippen molar-refractivity contribution in [2.24, 2.45) is 0 Å². The minimum Gasteiger partial charge on any atom is -0.328 e. The molecule has 104 valence electrons. The Labute approximate surface area is 134 Å². The van der Waals surface area contributed by atoms with E-state index in [0.717, 1.165) is 12.8 Å². The molecule has 0 aromatic rings. The second-order valence-corrected chi connectivity index (χ2v) is 5.33. The third kappa shape index (κ3) is 19.2. The van der Waals surface area contributed by atoms with E-state index in [2.05, 4.69) is 17.5 Å². The van der Waals surface area contributed by atoms with Crippen LogP contribution in [-0.2, 0) is 14.6 Å². The van der Waals surface area contributed by atoms with Crippen molar-refractivity contribution in [1.82, 2.24) is 0 Å². The largest absolute Gasteiger partial charge is 1.00 e. The van der Waals surface area contributed by atoms with Gasteiger partial charge in [0.1, 0.15) is 0 Å². The van der Waals surface area contributed by atoms with Gasteiger partial charge in [-0.1, -0.05) is 45.4 Å². The van der Waals surface area contributed by atoms with Crippen molar-refractivity contribution in [3.05, 3.63) is 6.42 Å². The molecule has 0 fully saturated rings. The molecule has 6 heteroatoms. The third-order valence-corrected chi connectivity index (χ3v) is 2.99. The van der Waals surface area contributed by atoms with Crippen LogP contribution in [0, 0.1) is 6.42 Å². The summed E-state index contributed by atoms with van der Waals surface area (Å²) in [6.07, 6.45) is 12.4. The second kappa shape index (κ2) is 14.3. The van der Waals surface area contributed by atoms with Gasteiger partial charge in [0.15, 0.2) is 0 Å². The molecular weight excluding hydrogens is 263 g/mol. The van der Waals surface area contributed by atoms with Crippen LogP contribution in [0.5, 0.6) is 0 Å². The maximum atomic E-state index is 10.2. The van der Waals surface area contributed by atoms with Crippen molar-refractivity contribution in [2.75, 3.05) is 6.61 Å². The van der Waals surface area contributed by atoms with Gasteiger partial charge in [0, 0.05) is 0 Å². The predicted octanol–water partition coefficient (Wildman–Crippen LogP) is 0.545. The molecule has 0 amide bonds. The zero-order valence-corrected chi connectivity index (χ0v) is 14.5. The van der Waals surface area contributed by atoms with Gasteiger partial charge in [-0.25, -0.2) is 4.18 Å². The summed E-state index contributed by atoms with van der Waals surface area (Å²) in [5, 5.41) is 0. The van der Waals surface area contributed by atoms with Gasteiger partial charge < -0.3 is 6.42 Å². The molecular formula is C12H25NaO4S. The van der Waals surface area contributed by atoms with Crippen molar-refractivity contribution in [3.63, 3.8) is 0 Å². The average Bonchev–Trinajstić information content (AvgIpc) is 2.24. The zero-order chi connectivity index (χ0) is 13.0. The molecule has 0 bridgehead atoms. The maximum absolute atomic E-state index is 10.2. The fourth-order valence-corrected chi connectivity index (χ4v) is 1.94. The van der Waals surface area contributed by atoms with Gasteiger partial charge in [-0.2, -0.15) is 21.3 Å². The molecule has 0 aromatic heterocycles. The van der Waals surface area contributed by atoms with E-state index >= 15 is 0 Å². The first-order chi connectivity index (χ1) is 8.06. The minimum atomic E-state index is -4.24. The molecule has 0 atom stereocenters. The Balaban J connectivity index is 0. The molecule has 0 aliphatic heterocycles. The van der Waals surface area contributed by atoms with Gasteiger partial charge >= 0.3 is 40.0 Å². The molecule has 0 aliphatic carbocycles. The van der Waals surface area contributed by atoms with E-state index in [-0.39, 0.29) is 36.2 Å². The fraction of sp³-hybridized carbons (Fsp3) is 0.917. The van der Waals surface area contributed by atoms with Crippen molar-refractivity contribution >= 4 is 10.4 Å². The van der Waals surface area contributed by atoms with E-state index in [1.54, 1.807) is 0 Å². The Kier molecular flexibility index (Phi) is 16.8. The standard InChI is InChI=1S/C12H25O4S.Na/c1-2-3-4-5-6-7-8-9-10-11-12-16-17(13,14)15;/h4H,2-3,5-12H2,1H3,(H,13,14,15);/q-1;+1. The predicted molar refractivity (Wildman–Crippen MR) is 69.0 cm³/mol. The number of rotatable bonds is 12. The van der Waals surface area contributed by atoms with Gasteiger partial charge in [-0.3, -0.25) is 4.55 Å². The van der Waals surface area contributed by atoms with E-state index in [1.165, 1.54) is 38.5 Å². The number of unbranched alkanes of at least 4 members (excludes halogenated alkanes) is 9. The van der Waals surface area contributed by atoms with E-state index in [1.807, 2.05) is 0 Å². The first kappa shape index (κ1) is 21.2. The van der Waals surface area contributed by atoms with Gasteiger partial charge in [-0.15, -0.1) is 0 Å². The molecule has 18 heavy (non-hydrogen) atoms. The Morgan fingerprint density at radius 3 is 2.11 bits per heavy atom. The molecule has 4 nitrogen and oxygen atoms in total. The maximum Gasteiger partial charge on any atom is 1.00 e. The first-order valence-corrected chi connectivity index (χ1v) is 7.86.